The van der Waals surface area contributed by atoms with Gasteiger partial charge in [0.1, 0.15) is 5.75 Å². The Morgan fingerprint density at radius 3 is 2.21 bits per heavy atom. The van der Waals surface area contributed by atoms with E-state index in [1.807, 2.05) is 0 Å². The van der Waals surface area contributed by atoms with Crippen LogP contribution in [0.15, 0.2) is 24.3 Å². The summed E-state index contributed by atoms with van der Waals surface area (Å²) in [5.74, 6) is 0.354. The highest BCUT2D eigenvalue weighted by Gasteiger charge is 2.25. The van der Waals surface area contributed by atoms with E-state index in [4.69, 9.17) is 4.74 Å². The smallest absolute Gasteiger partial charge is 0.315 e. The number of hydrogen-bond acceptors (Lipinski definition) is 4. The average molecular weight is 459 g/mol. The molecule has 1 aliphatic heterocycles. The minimum atomic E-state index is -0.278. The summed E-state index contributed by atoms with van der Waals surface area (Å²) in [5, 5.41) is 8.83. The summed E-state index contributed by atoms with van der Waals surface area (Å²) in [7, 11) is 0. The van der Waals surface area contributed by atoms with Crippen LogP contribution in [0.4, 0.5) is 4.79 Å². The van der Waals surface area contributed by atoms with Gasteiger partial charge in [-0.05, 0) is 56.4 Å². The van der Waals surface area contributed by atoms with E-state index in [-0.39, 0.29) is 36.5 Å². The zero-order valence-corrected chi connectivity index (χ0v) is 19.7. The van der Waals surface area contributed by atoms with Gasteiger partial charge in [-0.3, -0.25) is 9.59 Å². The van der Waals surface area contributed by atoms with Crippen LogP contribution in [0.5, 0.6) is 5.75 Å². The van der Waals surface area contributed by atoms with Crippen LogP contribution in [0, 0.1) is 0 Å². The second-order valence-electron chi connectivity index (χ2n) is 9.02. The molecule has 2 fully saturated rings. The third kappa shape index (κ3) is 8.26. The maximum Gasteiger partial charge on any atom is 0.315 e. The third-order valence-electron chi connectivity index (χ3n) is 6.41. The highest BCUT2D eigenvalue weighted by Crippen LogP contribution is 2.17. The molecule has 1 aromatic carbocycles. The largest absolute Gasteiger partial charge is 0.494 e. The van der Waals surface area contributed by atoms with Gasteiger partial charge < -0.3 is 25.6 Å². The lowest BCUT2D eigenvalue weighted by molar-refractivity contribution is -0.131. The number of carbonyl (C=O) groups is 3. The maximum atomic E-state index is 12.5. The van der Waals surface area contributed by atoms with Crippen LogP contribution in [-0.4, -0.2) is 61.1 Å². The van der Waals surface area contributed by atoms with E-state index in [2.05, 4.69) is 22.9 Å². The fourth-order valence-corrected chi connectivity index (χ4v) is 4.34. The van der Waals surface area contributed by atoms with Gasteiger partial charge >= 0.3 is 6.03 Å². The fraction of sp³-hybridized carbons (Fsp3) is 0.640. The molecular formula is C25H38N4O4. The Bertz CT molecular complexity index is 769. The Morgan fingerprint density at radius 2 is 1.58 bits per heavy atom. The van der Waals surface area contributed by atoms with Crippen molar-refractivity contribution in [2.45, 2.75) is 76.8 Å². The van der Waals surface area contributed by atoms with E-state index in [1.54, 1.807) is 29.2 Å². The Kier molecular flexibility index (Phi) is 9.84. The molecule has 8 nitrogen and oxygen atoms in total. The van der Waals surface area contributed by atoms with Crippen LogP contribution >= 0.6 is 0 Å². The Hall–Kier alpha value is -2.77. The van der Waals surface area contributed by atoms with Crippen molar-refractivity contribution in [3.63, 3.8) is 0 Å². The second-order valence-corrected chi connectivity index (χ2v) is 9.02. The predicted molar refractivity (Wildman–Crippen MR) is 127 cm³/mol. The van der Waals surface area contributed by atoms with Crippen molar-refractivity contribution in [3.8, 4) is 5.75 Å². The van der Waals surface area contributed by atoms with Crippen molar-refractivity contribution in [2.24, 2.45) is 0 Å². The quantitative estimate of drug-likeness (QED) is 0.495. The van der Waals surface area contributed by atoms with Gasteiger partial charge in [0.05, 0.1) is 13.2 Å². The van der Waals surface area contributed by atoms with Crippen molar-refractivity contribution in [2.75, 3.05) is 26.2 Å². The molecule has 1 aliphatic carbocycles. The molecule has 3 N–H and O–H groups in total. The first-order valence-corrected chi connectivity index (χ1v) is 12.4. The van der Waals surface area contributed by atoms with Gasteiger partial charge in [-0.2, -0.15) is 0 Å². The molecule has 0 radical (unpaired) electrons. The number of nitrogens with one attached hydrogen (secondary N) is 3. The number of benzene rings is 1. The van der Waals surface area contributed by atoms with Gasteiger partial charge in [0.25, 0.3) is 5.91 Å². The van der Waals surface area contributed by atoms with E-state index < -0.39 is 0 Å². The van der Waals surface area contributed by atoms with Gasteiger partial charge in [-0.25, -0.2) is 4.79 Å². The maximum absolute atomic E-state index is 12.5. The van der Waals surface area contributed by atoms with Crippen molar-refractivity contribution >= 4 is 17.8 Å². The number of hydrogen-bond donors (Lipinski definition) is 3. The Morgan fingerprint density at radius 1 is 0.939 bits per heavy atom. The number of amides is 4. The molecule has 1 heterocycles. The summed E-state index contributed by atoms with van der Waals surface area (Å²) in [4.78, 5) is 38.9. The van der Waals surface area contributed by atoms with Gasteiger partial charge in [-0.1, -0.05) is 32.6 Å². The zero-order valence-electron chi connectivity index (χ0n) is 19.7. The van der Waals surface area contributed by atoms with Crippen LogP contribution in [-0.2, 0) is 4.79 Å². The number of rotatable bonds is 9. The second kappa shape index (κ2) is 13.1. The van der Waals surface area contributed by atoms with Crippen molar-refractivity contribution in [1.29, 1.82) is 0 Å². The lowest BCUT2D eigenvalue weighted by Gasteiger charge is -2.33. The van der Waals surface area contributed by atoms with Gasteiger partial charge in [0, 0.05) is 30.7 Å². The van der Waals surface area contributed by atoms with Crippen LogP contribution in [0.1, 0.15) is 75.1 Å². The van der Waals surface area contributed by atoms with Crippen LogP contribution in [0.25, 0.3) is 0 Å². The molecule has 3 rings (SSSR count). The Balaban J connectivity index is 1.33. The van der Waals surface area contributed by atoms with Crippen LogP contribution in [0.2, 0.25) is 0 Å². The topological polar surface area (TPSA) is 99.8 Å². The zero-order chi connectivity index (χ0) is 23.5. The summed E-state index contributed by atoms with van der Waals surface area (Å²) in [6.07, 6.45) is 9.23. The number of urea groups is 1. The van der Waals surface area contributed by atoms with Gasteiger partial charge in [-0.15, -0.1) is 0 Å². The van der Waals surface area contributed by atoms with E-state index >= 15 is 0 Å². The molecule has 0 spiro atoms. The molecule has 1 aromatic rings. The number of piperidine rings is 1. The minimum absolute atomic E-state index is 0.0339. The first-order chi connectivity index (χ1) is 16.0. The lowest BCUT2D eigenvalue weighted by Crippen LogP contribution is -2.52. The summed E-state index contributed by atoms with van der Waals surface area (Å²) in [5.41, 5.74) is 0.498. The number of carbonyl (C=O) groups excluding carboxylic acids is 3. The number of likely N-dealkylation sites (tertiary alicyclic amines) is 1. The van der Waals surface area contributed by atoms with Crippen LogP contribution in [0.3, 0.4) is 0 Å². The molecule has 0 bridgehead atoms. The highest BCUT2D eigenvalue weighted by atomic mass is 16.5. The number of nitrogens with zero attached hydrogens (tertiary/aromatic N) is 1. The van der Waals surface area contributed by atoms with Gasteiger partial charge in [0.15, 0.2) is 0 Å². The highest BCUT2D eigenvalue weighted by molar-refractivity contribution is 5.96. The summed E-state index contributed by atoms with van der Waals surface area (Å²) in [6.45, 7) is 3.88. The van der Waals surface area contributed by atoms with Crippen molar-refractivity contribution in [1.82, 2.24) is 20.9 Å². The molecular weight excluding hydrogens is 420 g/mol. The first kappa shape index (κ1) is 24.9. The molecule has 1 saturated heterocycles. The first-order valence-electron chi connectivity index (χ1n) is 12.4. The summed E-state index contributed by atoms with van der Waals surface area (Å²) < 4.78 is 5.61. The number of unbranched alkanes of at least 4 members (excludes halogenated alkanes) is 1. The SMILES string of the molecule is CCCCOc1ccc(C(=O)NCC(=O)N2CCC(NC(=O)NC3CCCCC3)CC2)cc1. The molecule has 2 aliphatic rings. The van der Waals surface area contributed by atoms with Crippen molar-refractivity contribution < 1.29 is 19.1 Å². The normalized spacial score (nSPS) is 17.3. The van der Waals surface area contributed by atoms with E-state index in [0.717, 1.165) is 44.3 Å². The molecule has 4 amide bonds. The molecule has 1 saturated carbocycles. The van der Waals surface area contributed by atoms with Gasteiger partial charge in [0.2, 0.25) is 5.91 Å². The van der Waals surface area contributed by atoms with E-state index in [9.17, 15) is 14.4 Å². The molecule has 8 heteroatoms. The summed E-state index contributed by atoms with van der Waals surface area (Å²) >= 11 is 0. The predicted octanol–water partition coefficient (Wildman–Crippen LogP) is 3.22. The minimum Gasteiger partial charge on any atom is -0.494 e. The molecule has 0 aromatic heterocycles. The van der Waals surface area contributed by atoms with E-state index in [1.165, 1.54) is 19.3 Å². The van der Waals surface area contributed by atoms with Crippen LogP contribution < -0.4 is 20.7 Å². The van der Waals surface area contributed by atoms with E-state index in [0.29, 0.717) is 25.3 Å². The number of ether oxygens (including phenoxy) is 1. The van der Waals surface area contributed by atoms with Crippen molar-refractivity contribution in [3.05, 3.63) is 29.8 Å². The molecule has 0 atom stereocenters. The average Bonchev–Trinajstić information content (AvgIpc) is 2.84. The standard InChI is InChI=1S/C25H38N4O4/c1-2-3-17-33-22-11-9-19(10-12-22)24(31)26-18-23(30)29-15-13-21(14-16-29)28-25(32)27-20-7-5-4-6-8-20/h9-12,20-21H,2-8,13-18H2,1H3,(H,26,31)(H2,27,28,32). The Labute approximate surface area is 196 Å². The summed E-state index contributed by atoms with van der Waals surface area (Å²) in [6, 6.07) is 7.22. The molecule has 182 valence electrons. The third-order valence-corrected chi connectivity index (χ3v) is 6.41. The molecule has 0 unspecified atom stereocenters. The molecule has 33 heavy (non-hydrogen) atoms. The lowest BCUT2D eigenvalue weighted by atomic mass is 9.96. The fourth-order valence-electron chi connectivity index (χ4n) is 4.34. The monoisotopic (exact) mass is 458 g/mol.